The molecule has 2 fully saturated rings. The van der Waals surface area contributed by atoms with Gasteiger partial charge in [-0.15, -0.1) is 0 Å². The van der Waals surface area contributed by atoms with Crippen LogP contribution in [0.3, 0.4) is 0 Å². The summed E-state index contributed by atoms with van der Waals surface area (Å²) in [5.41, 5.74) is 6.38. The number of fused-ring (bicyclic) bond motifs is 3. The maximum Gasteiger partial charge on any atom is 0.410 e. The molecule has 3 aromatic heterocycles. The number of anilines is 1. The second-order valence-electron chi connectivity index (χ2n) is 11.6. The Balaban J connectivity index is 1.26. The molecule has 0 aliphatic carbocycles. The molecule has 0 unspecified atom stereocenters. The highest BCUT2D eigenvalue weighted by Crippen LogP contribution is 2.40. The second kappa shape index (κ2) is 8.85. The van der Waals surface area contributed by atoms with Crippen LogP contribution in [0.2, 0.25) is 0 Å². The summed E-state index contributed by atoms with van der Waals surface area (Å²) in [6, 6.07) is 6.71. The third-order valence-corrected chi connectivity index (χ3v) is 7.69. The van der Waals surface area contributed by atoms with Crippen molar-refractivity contribution >= 4 is 22.9 Å². The Bertz CT molecular complexity index is 1510. The summed E-state index contributed by atoms with van der Waals surface area (Å²) in [7, 11) is 0. The number of carbonyl (C=O) groups is 1. The molecule has 2 N–H and O–H groups in total. The van der Waals surface area contributed by atoms with Crippen LogP contribution in [0.1, 0.15) is 57.1 Å². The first-order chi connectivity index (χ1) is 18.1. The highest BCUT2D eigenvalue weighted by Gasteiger charge is 2.50. The van der Waals surface area contributed by atoms with E-state index in [2.05, 4.69) is 38.6 Å². The zero-order valence-corrected chi connectivity index (χ0v) is 22.8. The van der Waals surface area contributed by atoms with E-state index in [9.17, 15) is 4.79 Å². The third kappa shape index (κ3) is 4.19. The summed E-state index contributed by atoms with van der Waals surface area (Å²) in [6.07, 6.45) is 6.47. The predicted molar refractivity (Wildman–Crippen MR) is 146 cm³/mol. The van der Waals surface area contributed by atoms with E-state index in [0.29, 0.717) is 5.95 Å². The maximum absolute atomic E-state index is 12.9. The number of H-pyrrole nitrogens is 1. The van der Waals surface area contributed by atoms with E-state index in [4.69, 9.17) is 14.2 Å². The Morgan fingerprint density at radius 1 is 1.21 bits per heavy atom. The second-order valence-corrected chi connectivity index (χ2v) is 11.6. The molecule has 38 heavy (non-hydrogen) atoms. The van der Waals surface area contributed by atoms with Gasteiger partial charge in [-0.25, -0.2) is 14.8 Å². The monoisotopic (exact) mass is 514 g/mol. The summed E-state index contributed by atoms with van der Waals surface area (Å²) in [4.78, 5) is 27.7. The van der Waals surface area contributed by atoms with Crippen LogP contribution < -0.4 is 5.32 Å². The number of rotatable bonds is 4. The first kappa shape index (κ1) is 24.5. The number of amides is 1. The normalized spacial score (nSPS) is 20.9. The van der Waals surface area contributed by atoms with Gasteiger partial charge in [0.05, 0.1) is 23.5 Å². The largest absolute Gasteiger partial charge is 0.444 e. The van der Waals surface area contributed by atoms with Crippen molar-refractivity contribution in [2.45, 2.75) is 84.5 Å². The molecule has 1 aromatic carbocycles. The van der Waals surface area contributed by atoms with E-state index in [1.165, 1.54) is 0 Å². The Kier molecular flexibility index (Phi) is 5.70. The molecule has 2 bridgehead atoms. The molecule has 4 aromatic rings. The van der Waals surface area contributed by atoms with Crippen LogP contribution in [0, 0.1) is 20.8 Å². The van der Waals surface area contributed by atoms with E-state index in [0.717, 1.165) is 69.6 Å². The fraction of sp³-hybridized carbons (Fsp3) is 0.448. The van der Waals surface area contributed by atoms with Gasteiger partial charge in [0.1, 0.15) is 11.4 Å². The minimum Gasteiger partial charge on any atom is -0.444 e. The zero-order chi connectivity index (χ0) is 26.8. The lowest BCUT2D eigenvalue weighted by atomic mass is 9.96. The topological polar surface area (TPSA) is 109 Å². The fourth-order valence-corrected chi connectivity index (χ4v) is 6.07. The van der Waals surface area contributed by atoms with Gasteiger partial charge in [0.2, 0.25) is 5.95 Å². The lowest BCUT2D eigenvalue weighted by Crippen LogP contribution is -2.42. The van der Waals surface area contributed by atoms with Crippen molar-refractivity contribution in [3.8, 4) is 22.4 Å². The van der Waals surface area contributed by atoms with Crippen molar-refractivity contribution in [1.82, 2.24) is 25.0 Å². The van der Waals surface area contributed by atoms with Gasteiger partial charge in [-0.2, -0.15) is 0 Å². The molecule has 1 amide bonds. The first-order valence-electron chi connectivity index (χ1n) is 13.3. The number of aromatic amines is 1. The van der Waals surface area contributed by atoms with Gasteiger partial charge in [0, 0.05) is 40.5 Å². The van der Waals surface area contributed by atoms with Crippen LogP contribution in [0.5, 0.6) is 0 Å². The molecule has 5 heterocycles. The fourth-order valence-electron chi connectivity index (χ4n) is 6.07. The summed E-state index contributed by atoms with van der Waals surface area (Å²) in [6.45, 7) is 11.6. The Morgan fingerprint density at radius 2 is 2.03 bits per heavy atom. The maximum atomic E-state index is 12.9. The van der Waals surface area contributed by atoms with E-state index >= 15 is 0 Å². The van der Waals surface area contributed by atoms with Gasteiger partial charge in [-0.3, -0.25) is 0 Å². The Hall–Kier alpha value is -3.88. The number of nitrogens with one attached hydrogen (secondary N) is 2. The van der Waals surface area contributed by atoms with Crippen molar-refractivity contribution in [2.24, 2.45) is 0 Å². The number of nitrogens with zero attached hydrogens (tertiary/aromatic N) is 4. The standard InChI is InChI=1S/C29H34N6O3/c1-15-13-31-27(32-23-12-19-8-10-24(23)35(19)28(36)37-29(4,5)6)33-26(15)21-14-30-22-11-18(7-9-20(21)22)25-16(2)34-38-17(25)3/h7,9,11,13-14,19,23-24,30H,8,10,12H2,1-6H3,(H,31,32,33)/t19-,23+,24+/m0/s1. The molecule has 6 rings (SSSR count). The molecule has 0 radical (unpaired) electrons. The van der Waals surface area contributed by atoms with Crippen molar-refractivity contribution in [3.63, 3.8) is 0 Å². The van der Waals surface area contributed by atoms with Gasteiger partial charge in [-0.05, 0) is 78.0 Å². The molecule has 2 saturated heterocycles. The van der Waals surface area contributed by atoms with E-state index < -0.39 is 5.60 Å². The summed E-state index contributed by atoms with van der Waals surface area (Å²) in [5, 5.41) is 8.72. The smallest absolute Gasteiger partial charge is 0.410 e. The van der Waals surface area contributed by atoms with E-state index in [1.54, 1.807) is 0 Å². The van der Waals surface area contributed by atoms with Crippen LogP contribution in [0.15, 0.2) is 35.1 Å². The van der Waals surface area contributed by atoms with Crippen molar-refractivity contribution in [1.29, 1.82) is 0 Å². The SMILES string of the molecule is Cc1cnc(N[C@@H]2C[C@@H]3CC[C@H]2N3C(=O)OC(C)(C)C)nc1-c1c[nH]c2cc(-c3c(C)noc3C)ccc12. The molecule has 0 saturated carbocycles. The molecule has 2 aliphatic heterocycles. The number of ether oxygens (including phenoxy) is 1. The summed E-state index contributed by atoms with van der Waals surface area (Å²) >= 11 is 0. The summed E-state index contributed by atoms with van der Waals surface area (Å²) < 4.78 is 11.1. The van der Waals surface area contributed by atoms with Gasteiger partial charge in [0.15, 0.2) is 0 Å². The highest BCUT2D eigenvalue weighted by atomic mass is 16.6. The molecule has 9 nitrogen and oxygen atoms in total. The predicted octanol–water partition coefficient (Wildman–Crippen LogP) is 6.16. The molecular weight excluding hydrogens is 480 g/mol. The van der Waals surface area contributed by atoms with Crippen LogP contribution in [-0.2, 0) is 4.74 Å². The number of hydrogen-bond donors (Lipinski definition) is 2. The average Bonchev–Trinajstić information content (AvgIpc) is 3.61. The quantitative estimate of drug-likeness (QED) is 0.336. The van der Waals surface area contributed by atoms with Crippen molar-refractivity contribution < 1.29 is 14.1 Å². The van der Waals surface area contributed by atoms with Crippen LogP contribution in [0.25, 0.3) is 33.3 Å². The van der Waals surface area contributed by atoms with E-state index in [1.807, 2.05) is 58.8 Å². The van der Waals surface area contributed by atoms with Gasteiger partial charge in [-0.1, -0.05) is 17.3 Å². The number of hydrogen-bond acceptors (Lipinski definition) is 7. The van der Waals surface area contributed by atoms with Crippen LogP contribution >= 0.6 is 0 Å². The minimum absolute atomic E-state index is 0.0824. The van der Waals surface area contributed by atoms with Crippen molar-refractivity contribution in [2.75, 3.05) is 5.32 Å². The first-order valence-corrected chi connectivity index (χ1v) is 13.3. The third-order valence-electron chi connectivity index (χ3n) is 7.69. The van der Waals surface area contributed by atoms with Crippen LogP contribution in [-0.4, -0.2) is 54.8 Å². The molecule has 0 spiro atoms. The van der Waals surface area contributed by atoms with Crippen molar-refractivity contribution in [3.05, 3.63) is 47.6 Å². The molecule has 9 heteroatoms. The summed E-state index contributed by atoms with van der Waals surface area (Å²) in [5.74, 6) is 1.39. The Morgan fingerprint density at radius 3 is 2.76 bits per heavy atom. The molecular formula is C29H34N6O3. The number of aromatic nitrogens is 4. The highest BCUT2D eigenvalue weighted by molar-refractivity contribution is 5.97. The number of carbonyl (C=O) groups excluding carboxylic acids is 1. The average molecular weight is 515 g/mol. The number of benzene rings is 1. The lowest BCUT2D eigenvalue weighted by Gasteiger charge is -2.28. The molecule has 3 atom stereocenters. The molecule has 2 aliphatic rings. The minimum atomic E-state index is -0.510. The van der Waals surface area contributed by atoms with Gasteiger partial charge < -0.3 is 24.5 Å². The van der Waals surface area contributed by atoms with Gasteiger partial charge in [0.25, 0.3) is 0 Å². The number of aryl methyl sites for hydroxylation is 3. The van der Waals surface area contributed by atoms with Gasteiger partial charge >= 0.3 is 6.09 Å². The van der Waals surface area contributed by atoms with E-state index in [-0.39, 0.29) is 24.2 Å². The Labute approximate surface area is 222 Å². The van der Waals surface area contributed by atoms with Crippen LogP contribution in [0.4, 0.5) is 10.7 Å². The molecule has 198 valence electrons. The lowest BCUT2D eigenvalue weighted by molar-refractivity contribution is 0.0214. The zero-order valence-electron chi connectivity index (χ0n) is 22.8.